The van der Waals surface area contributed by atoms with Crippen LogP contribution in [-0.2, 0) is 6.42 Å². The fraction of sp³-hybridized carbons (Fsp3) is 0.353. The van der Waals surface area contributed by atoms with E-state index in [1.54, 1.807) is 0 Å². The summed E-state index contributed by atoms with van der Waals surface area (Å²) in [5, 5.41) is 13.0. The van der Waals surface area contributed by atoms with Crippen molar-refractivity contribution in [2.24, 2.45) is 5.73 Å². The molecule has 0 atom stereocenters. The minimum absolute atomic E-state index is 0.533. The van der Waals surface area contributed by atoms with Crippen molar-refractivity contribution in [3.63, 3.8) is 0 Å². The highest BCUT2D eigenvalue weighted by Crippen LogP contribution is 2.21. The van der Waals surface area contributed by atoms with E-state index in [4.69, 9.17) is 5.73 Å². The number of fused-ring (bicyclic) bond motifs is 1. The van der Waals surface area contributed by atoms with E-state index in [2.05, 4.69) is 53.4 Å². The van der Waals surface area contributed by atoms with Crippen molar-refractivity contribution < 1.29 is 0 Å². The van der Waals surface area contributed by atoms with Crippen LogP contribution in [0, 0.1) is 0 Å². The largest absolute Gasteiger partial charge is 0.330 e. The van der Waals surface area contributed by atoms with Gasteiger partial charge >= 0.3 is 0 Å². The van der Waals surface area contributed by atoms with Crippen LogP contribution in [-0.4, -0.2) is 26.4 Å². The second-order valence-electron chi connectivity index (χ2n) is 5.77. The Kier molecular flexibility index (Phi) is 4.15. The maximum Gasteiger partial charge on any atom is 0.177 e. The van der Waals surface area contributed by atoms with Crippen LogP contribution < -0.4 is 5.73 Å². The topological polar surface area (TPSA) is 69.1 Å². The van der Waals surface area contributed by atoms with E-state index < -0.39 is 0 Å². The predicted octanol–water partition coefficient (Wildman–Crippen LogP) is 2.81. The maximum absolute atomic E-state index is 5.57. The summed E-state index contributed by atoms with van der Waals surface area (Å²) < 4.78 is 1.82. The Morgan fingerprint density at radius 2 is 1.82 bits per heavy atom. The van der Waals surface area contributed by atoms with Crippen molar-refractivity contribution in [2.75, 3.05) is 6.54 Å². The molecule has 0 amide bonds. The Hall–Kier alpha value is -2.27. The molecule has 0 saturated heterocycles. The highest BCUT2D eigenvalue weighted by atomic mass is 15.4. The average molecular weight is 295 g/mol. The lowest BCUT2D eigenvalue weighted by Gasteiger charge is -2.07. The first-order valence-electron chi connectivity index (χ1n) is 7.71. The fourth-order valence-corrected chi connectivity index (χ4v) is 2.44. The summed E-state index contributed by atoms with van der Waals surface area (Å²) in [6.07, 6.45) is 1.68. The predicted molar refractivity (Wildman–Crippen MR) is 87.7 cm³/mol. The lowest BCUT2D eigenvalue weighted by Crippen LogP contribution is -2.05. The van der Waals surface area contributed by atoms with Gasteiger partial charge in [-0.15, -0.1) is 10.2 Å². The van der Waals surface area contributed by atoms with Crippen LogP contribution in [0.2, 0.25) is 0 Å². The number of hydrogen-bond donors (Lipinski definition) is 1. The van der Waals surface area contributed by atoms with Crippen molar-refractivity contribution in [1.29, 1.82) is 0 Å². The smallest absolute Gasteiger partial charge is 0.177 e. The van der Waals surface area contributed by atoms with Gasteiger partial charge in [0.05, 0.1) is 5.69 Å². The maximum atomic E-state index is 5.57. The zero-order valence-electron chi connectivity index (χ0n) is 13.0. The number of hydrogen-bond acceptors (Lipinski definition) is 4. The molecule has 0 aliphatic carbocycles. The highest BCUT2D eigenvalue weighted by molar-refractivity contribution is 5.60. The molecule has 0 bridgehead atoms. The molecule has 2 heterocycles. The van der Waals surface area contributed by atoms with Crippen LogP contribution in [0.15, 0.2) is 36.4 Å². The van der Waals surface area contributed by atoms with E-state index in [0.29, 0.717) is 12.5 Å². The summed E-state index contributed by atoms with van der Waals surface area (Å²) in [4.78, 5) is 0. The van der Waals surface area contributed by atoms with Crippen LogP contribution >= 0.6 is 0 Å². The highest BCUT2D eigenvalue weighted by Gasteiger charge is 2.08. The first kappa shape index (κ1) is 14.7. The van der Waals surface area contributed by atoms with Gasteiger partial charge in [-0.05, 0) is 36.6 Å². The SMILES string of the molecule is CC(C)c1ccc(-c2ccc3nnc(CCCN)n3n2)cc1. The minimum Gasteiger partial charge on any atom is -0.330 e. The molecular weight excluding hydrogens is 274 g/mol. The minimum atomic E-state index is 0.533. The quantitative estimate of drug-likeness (QED) is 0.786. The average Bonchev–Trinajstić information content (AvgIpc) is 2.95. The lowest BCUT2D eigenvalue weighted by molar-refractivity contribution is 0.740. The molecule has 5 nitrogen and oxygen atoms in total. The molecule has 0 aliphatic rings. The second kappa shape index (κ2) is 6.23. The summed E-state index contributed by atoms with van der Waals surface area (Å²) in [6.45, 7) is 5.03. The Balaban J connectivity index is 1.96. The zero-order valence-corrected chi connectivity index (χ0v) is 13.0. The summed E-state index contributed by atoms with van der Waals surface area (Å²) in [6, 6.07) is 12.5. The first-order chi connectivity index (χ1) is 10.7. The molecular formula is C17H21N5. The normalized spacial score (nSPS) is 11.5. The Morgan fingerprint density at radius 3 is 2.50 bits per heavy atom. The van der Waals surface area contributed by atoms with Crippen LogP contribution in [0.3, 0.4) is 0 Å². The first-order valence-corrected chi connectivity index (χ1v) is 7.71. The van der Waals surface area contributed by atoms with E-state index >= 15 is 0 Å². The summed E-state index contributed by atoms with van der Waals surface area (Å²) in [5.74, 6) is 1.39. The van der Waals surface area contributed by atoms with Crippen molar-refractivity contribution in [1.82, 2.24) is 19.8 Å². The van der Waals surface area contributed by atoms with Crippen molar-refractivity contribution >= 4 is 5.65 Å². The van der Waals surface area contributed by atoms with Gasteiger partial charge in [0, 0.05) is 12.0 Å². The van der Waals surface area contributed by atoms with E-state index in [0.717, 1.165) is 35.6 Å². The lowest BCUT2D eigenvalue weighted by atomic mass is 10.0. The number of nitrogens with two attached hydrogens (primary N) is 1. The van der Waals surface area contributed by atoms with Gasteiger partial charge in [0.15, 0.2) is 11.5 Å². The Labute approximate surface area is 130 Å². The van der Waals surface area contributed by atoms with Gasteiger partial charge in [-0.2, -0.15) is 9.61 Å². The molecule has 2 N–H and O–H groups in total. The molecule has 0 aliphatic heterocycles. The molecule has 3 rings (SSSR count). The van der Waals surface area contributed by atoms with E-state index in [-0.39, 0.29) is 0 Å². The molecule has 0 unspecified atom stereocenters. The van der Waals surface area contributed by atoms with E-state index in [1.165, 1.54) is 5.56 Å². The van der Waals surface area contributed by atoms with Gasteiger partial charge in [0.25, 0.3) is 0 Å². The van der Waals surface area contributed by atoms with Gasteiger partial charge in [-0.3, -0.25) is 0 Å². The molecule has 3 aromatic rings. The van der Waals surface area contributed by atoms with Gasteiger partial charge < -0.3 is 5.73 Å². The van der Waals surface area contributed by atoms with Crippen LogP contribution in [0.25, 0.3) is 16.9 Å². The third-order valence-corrected chi connectivity index (χ3v) is 3.81. The number of rotatable bonds is 5. The standard InChI is InChI=1S/C17H21N5/c1-12(2)13-5-7-14(8-6-13)15-9-10-17-20-19-16(4-3-11-18)22(17)21-15/h5-10,12H,3-4,11,18H2,1-2H3. The van der Waals surface area contributed by atoms with E-state index in [1.807, 2.05) is 16.6 Å². The number of aromatic nitrogens is 4. The van der Waals surface area contributed by atoms with Crippen LogP contribution in [0.1, 0.15) is 37.6 Å². The number of nitrogens with zero attached hydrogens (tertiary/aromatic N) is 4. The number of benzene rings is 1. The van der Waals surface area contributed by atoms with Crippen molar-refractivity contribution in [2.45, 2.75) is 32.6 Å². The van der Waals surface area contributed by atoms with Crippen LogP contribution in [0.5, 0.6) is 0 Å². The molecule has 5 heteroatoms. The fourth-order valence-electron chi connectivity index (χ4n) is 2.44. The van der Waals surface area contributed by atoms with Crippen LogP contribution in [0.4, 0.5) is 0 Å². The number of aryl methyl sites for hydroxylation is 1. The summed E-state index contributed by atoms with van der Waals surface area (Å²) in [7, 11) is 0. The molecule has 2 aromatic heterocycles. The third kappa shape index (κ3) is 2.85. The molecule has 0 fully saturated rings. The third-order valence-electron chi connectivity index (χ3n) is 3.81. The molecule has 0 spiro atoms. The second-order valence-corrected chi connectivity index (χ2v) is 5.77. The van der Waals surface area contributed by atoms with Crippen molar-refractivity contribution in [3.8, 4) is 11.3 Å². The van der Waals surface area contributed by atoms with Gasteiger partial charge in [-0.1, -0.05) is 38.1 Å². The summed E-state index contributed by atoms with van der Waals surface area (Å²) >= 11 is 0. The van der Waals surface area contributed by atoms with Gasteiger partial charge in [0.1, 0.15) is 0 Å². The van der Waals surface area contributed by atoms with Gasteiger partial charge in [0.2, 0.25) is 0 Å². The molecule has 0 radical (unpaired) electrons. The Bertz CT molecular complexity index is 758. The zero-order chi connectivity index (χ0) is 15.5. The molecule has 114 valence electrons. The molecule has 1 aromatic carbocycles. The molecule has 22 heavy (non-hydrogen) atoms. The Morgan fingerprint density at radius 1 is 1.05 bits per heavy atom. The van der Waals surface area contributed by atoms with E-state index in [9.17, 15) is 0 Å². The monoisotopic (exact) mass is 295 g/mol. The molecule has 0 saturated carbocycles. The van der Waals surface area contributed by atoms with Crippen molar-refractivity contribution in [3.05, 3.63) is 47.8 Å². The van der Waals surface area contributed by atoms with Gasteiger partial charge in [-0.25, -0.2) is 0 Å². The summed E-state index contributed by atoms with van der Waals surface area (Å²) in [5.41, 5.74) is 9.70.